The molecule has 0 bridgehead atoms. The molecule has 2 heterocycles. The quantitative estimate of drug-likeness (QED) is 0.407. The number of carbonyl (C=O) groups is 3. The van der Waals surface area contributed by atoms with E-state index in [-0.39, 0.29) is 24.3 Å². The van der Waals surface area contributed by atoms with Crippen molar-refractivity contribution in [1.82, 2.24) is 10.3 Å². The predicted molar refractivity (Wildman–Crippen MR) is 138 cm³/mol. The van der Waals surface area contributed by atoms with Crippen molar-refractivity contribution in [2.24, 2.45) is 0 Å². The highest BCUT2D eigenvalue weighted by Crippen LogP contribution is 2.24. The number of aromatic nitrogens is 1. The number of para-hydroxylation sites is 1. The van der Waals surface area contributed by atoms with E-state index in [1.54, 1.807) is 40.5 Å². The van der Waals surface area contributed by atoms with E-state index in [1.165, 1.54) is 4.70 Å². The van der Waals surface area contributed by atoms with Gasteiger partial charge in [0.2, 0.25) is 11.8 Å². The van der Waals surface area contributed by atoms with E-state index in [0.717, 1.165) is 34.6 Å². The largest absolute Gasteiger partial charge is 0.343 e. The molecule has 0 atom stereocenters. The van der Waals surface area contributed by atoms with E-state index in [2.05, 4.69) is 21.7 Å². The Balaban J connectivity index is 1.11. The Hall–Kier alpha value is -4.04. The molecular weight excluding hydrogens is 460 g/mol. The molecule has 3 amide bonds. The van der Waals surface area contributed by atoms with Crippen molar-refractivity contribution in [3.63, 3.8) is 0 Å². The van der Waals surface area contributed by atoms with Gasteiger partial charge in [-0.15, -0.1) is 11.3 Å². The molecule has 0 spiro atoms. The Morgan fingerprint density at radius 3 is 2.46 bits per heavy atom. The molecule has 1 aliphatic heterocycles. The minimum atomic E-state index is -0.342. The summed E-state index contributed by atoms with van der Waals surface area (Å²) in [4.78, 5) is 43.0. The van der Waals surface area contributed by atoms with Crippen LogP contribution in [0.2, 0.25) is 0 Å². The third-order valence-corrected chi connectivity index (χ3v) is 6.89. The summed E-state index contributed by atoms with van der Waals surface area (Å²) in [5.41, 5.74) is 4.00. The number of hydrogen-bond acceptors (Lipinski definition) is 5. The Morgan fingerprint density at radius 1 is 0.971 bits per heavy atom. The standard InChI is InChI=1S/C27H24N4O3S/c32-24(17-28-27(34)19-9-13-21(14-10-19)31-15-3-6-26(31)33)29-20-11-7-18(8-12-20)16-25-30-22-4-1-2-5-23(22)35-25/h1-2,4-5,7-14H,3,6,15-17H2,(H,28,34)(H,29,32). The molecule has 2 N–H and O–H groups in total. The Kier molecular flexibility index (Phi) is 6.54. The molecule has 1 fully saturated rings. The molecule has 7 nitrogen and oxygen atoms in total. The van der Waals surface area contributed by atoms with Gasteiger partial charge in [-0.2, -0.15) is 0 Å². The Morgan fingerprint density at radius 2 is 1.74 bits per heavy atom. The molecule has 3 aromatic carbocycles. The number of hydrogen-bond donors (Lipinski definition) is 2. The summed E-state index contributed by atoms with van der Waals surface area (Å²) < 4.78 is 1.17. The summed E-state index contributed by atoms with van der Waals surface area (Å²) in [7, 11) is 0. The molecule has 1 saturated heterocycles. The van der Waals surface area contributed by atoms with Gasteiger partial charge in [-0.25, -0.2) is 4.98 Å². The fraction of sp³-hybridized carbons (Fsp3) is 0.185. The van der Waals surface area contributed by atoms with E-state index in [4.69, 9.17) is 0 Å². The van der Waals surface area contributed by atoms with Crippen LogP contribution >= 0.6 is 11.3 Å². The maximum Gasteiger partial charge on any atom is 0.251 e. The van der Waals surface area contributed by atoms with Crippen molar-refractivity contribution in [3.8, 4) is 0 Å². The molecule has 8 heteroatoms. The maximum absolute atomic E-state index is 12.4. The van der Waals surface area contributed by atoms with Gasteiger partial charge in [-0.05, 0) is 60.5 Å². The van der Waals surface area contributed by atoms with Gasteiger partial charge < -0.3 is 15.5 Å². The molecule has 176 valence electrons. The highest BCUT2D eigenvalue weighted by molar-refractivity contribution is 7.18. The zero-order valence-electron chi connectivity index (χ0n) is 19.0. The SMILES string of the molecule is O=C(CNC(=O)c1ccc(N2CCCC2=O)cc1)Nc1ccc(Cc2nc3ccccc3s2)cc1. The topological polar surface area (TPSA) is 91.4 Å². The molecule has 4 aromatic rings. The second kappa shape index (κ2) is 10.1. The fourth-order valence-electron chi connectivity index (χ4n) is 4.06. The molecule has 35 heavy (non-hydrogen) atoms. The van der Waals surface area contributed by atoms with Crippen LogP contribution in [-0.2, 0) is 16.0 Å². The Bertz CT molecular complexity index is 1350. The van der Waals surface area contributed by atoms with Crippen LogP contribution in [0, 0.1) is 0 Å². The van der Waals surface area contributed by atoms with Crippen molar-refractivity contribution >= 4 is 50.6 Å². The first-order valence-electron chi connectivity index (χ1n) is 11.5. The summed E-state index contributed by atoms with van der Waals surface area (Å²) in [6.07, 6.45) is 2.14. The average molecular weight is 485 g/mol. The highest BCUT2D eigenvalue weighted by atomic mass is 32.1. The summed E-state index contributed by atoms with van der Waals surface area (Å²) in [5.74, 6) is -0.550. The minimum absolute atomic E-state index is 0.101. The van der Waals surface area contributed by atoms with Crippen LogP contribution in [0.15, 0.2) is 72.8 Å². The number of nitrogens with zero attached hydrogens (tertiary/aromatic N) is 2. The van der Waals surface area contributed by atoms with Crippen molar-refractivity contribution < 1.29 is 14.4 Å². The van der Waals surface area contributed by atoms with Crippen molar-refractivity contribution in [1.29, 1.82) is 0 Å². The molecule has 5 rings (SSSR count). The van der Waals surface area contributed by atoms with E-state index >= 15 is 0 Å². The summed E-state index contributed by atoms with van der Waals surface area (Å²) in [6, 6.07) is 22.6. The first-order chi connectivity index (χ1) is 17.0. The summed E-state index contributed by atoms with van der Waals surface area (Å²) in [5, 5.41) is 6.48. The van der Waals surface area contributed by atoms with E-state index in [0.29, 0.717) is 24.2 Å². The number of rotatable bonds is 7. The lowest BCUT2D eigenvalue weighted by Crippen LogP contribution is -2.32. The second-order valence-electron chi connectivity index (χ2n) is 8.38. The molecule has 0 aliphatic carbocycles. The van der Waals surface area contributed by atoms with Gasteiger partial charge >= 0.3 is 0 Å². The lowest BCUT2D eigenvalue weighted by atomic mass is 10.1. The number of anilines is 2. The van der Waals surface area contributed by atoms with Crippen LogP contribution in [0.3, 0.4) is 0 Å². The van der Waals surface area contributed by atoms with Crippen molar-refractivity contribution in [2.75, 3.05) is 23.3 Å². The highest BCUT2D eigenvalue weighted by Gasteiger charge is 2.21. The van der Waals surface area contributed by atoms with Crippen LogP contribution in [0.1, 0.15) is 33.8 Å². The first-order valence-corrected chi connectivity index (χ1v) is 12.3. The van der Waals surface area contributed by atoms with Crippen LogP contribution in [0.4, 0.5) is 11.4 Å². The van der Waals surface area contributed by atoms with Crippen LogP contribution in [-0.4, -0.2) is 35.8 Å². The number of carbonyl (C=O) groups excluding carboxylic acids is 3. The Labute approximate surface area is 206 Å². The van der Waals surface area contributed by atoms with Crippen molar-refractivity contribution in [3.05, 3.63) is 88.9 Å². The number of thiazole rings is 1. The zero-order chi connectivity index (χ0) is 24.2. The molecule has 1 aromatic heterocycles. The molecule has 0 unspecified atom stereocenters. The smallest absolute Gasteiger partial charge is 0.251 e. The third-order valence-electron chi connectivity index (χ3n) is 5.86. The minimum Gasteiger partial charge on any atom is -0.343 e. The average Bonchev–Trinajstić information content (AvgIpc) is 3.49. The second-order valence-corrected chi connectivity index (χ2v) is 9.49. The third kappa shape index (κ3) is 5.38. The van der Waals surface area contributed by atoms with E-state index in [1.807, 2.05) is 42.5 Å². The van der Waals surface area contributed by atoms with E-state index < -0.39 is 0 Å². The first kappa shape index (κ1) is 22.7. The lowest BCUT2D eigenvalue weighted by Gasteiger charge is -2.15. The van der Waals surface area contributed by atoms with Gasteiger partial charge in [0.25, 0.3) is 5.91 Å². The van der Waals surface area contributed by atoms with Crippen LogP contribution in [0.5, 0.6) is 0 Å². The van der Waals surface area contributed by atoms with Crippen LogP contribution in [0.25, 0.3) is 10.2 Å². The monoisotopic (exact) mass is 484 g/mol. The van der Waals surface area contributed by atoms with Crippen LogP contribution < -0.4 is 15.5 Å². The van der Waals surface area contributed by atoms with Gasteiger partial charge in [0.05, 0.1) is 21.8 Å². The molecule has 0 saturated carbocycles. The zero-order valence-corrected chi connectivity index (χ0v) is 19.8. The predicted octanol–water partition coefficient (Wildman–Crippen LogP) is 4.38. The van der Waals surface area contributed by atoms with E-state index in [9.17, 15) is 14.4 Å². The number of benzene rings is 3. The maximum atomic E-state index is 12.4. The van der Waals surface area contributed by atoms with Gasteiger partial charge in [-0.1, -0.05) is 24.3 Å². The van der Waals surface area contributed by atoms with Gasteiger partial charge in [0, 0.05) is 36.3 Å². The normalized spacial score (nSPS) is 13.3. The number of nitrogens with one attached hydrogen (secondary N) is 2. The number of fused-ring (bicyclic) bond motifs is 1. The number of amides is 3. The summed E-state index contributed by atoms with van der Waals surface area (Å²) >= 11 is 1.68. The molecular formula is C27H24N4O3S. The summed E-state index contributed by atoms with van der Waals surface area (Å²) in [6.45, 7) is 0.562. The lowest BCUT2D eigenvalue weighted by molar-refractivity contribution is -0.117. The van der Waals surface area contributed by atoms with Gasteiger partial charge in [0.1, 0.15) is 0 Å². The van der Waals surface area contributed by atoms with Crippen molar-refractivity contribution in [2.45, 2.75) is 19.3 Å². The van der Waals surface area contributed by atoms with Gasteiger partial charge in [0.15, 0.2) is 0 Å². The molecule has 0 radical (unpaired) electrons. The fourth-order valence-corrected chi connectivity index (χ4v) is 5.06. The molecule has 1 aliphatic rings. The van der Waals surface area contributed by atoms with Gasteiger partial charge in [-0.3, -0.25) is 14.4 Å².